The highest BCUT2D eigenvalue weighted by Gasteiger charge is 2.47. The Morgan fingerprint density at radius 3 is 2.50 bits per heavy atom. The standard InChI is InChI=1S/C25H38N4O/c1-29-23(30)25(28-24(29)26,16-15-19-9-4-2-5-10-19)18-20-11-8-14-22(17-20)27-21-12-6-3-7-13-21/h2,4-5,9-10,20-22,27H,3,6-8,11-18H2,1H3,(H2,26,28)/t20-,22-,25?/m0/s1. The van der Waals surface area contributed by atoms with Gasteiger partial charge < -0.3 is 11.1 Å². The van der Waals surface area contributed by atoms with Crippen LogP contribution in [0.5, 0.6) is 0 Å². The van der Waals surface area contributed by atoms with Gasteiger partial charge in [0.05, 0.1) is 0 Å². The third-order valence-corrected chi connectivity index (χ3v) is 7.53. The maximum absolute atomic E-state index is 13.2. The van der Waals surface area contributed by atoms with E-state index in [9.17, 15) is 4.79 Å². The quantitative estimate of drug-likeness (QED) is 0.713. The molecule has 1 aromatic rings. The first-order valence-corrected chi connectivity index (χ1v) is 12.0. The number of likely N-dealkylation sites (N-methyl/N-ethyl adjacent to an activating group) is 1. The summed E-state index contributed by atoms with van der Waals surface area (Å²) in [5.41, 5.74) is 6.68. The van der Waals surface area contributed by atoms with E-state index in [1.54, 1.807) is 11.9 Å². The number of carbonyl (C=O) groups excluding carboxylic acids is 1. The van der Waals surface area contributed by atoms with E-state index in [0.29, 0.717) is 24.0 Å². The molecule has 2 saturated carbocycles. The first-order valence-electron chi connectivity index (χ1n) is 12.0. The van der Waals surface area contributed by atoms with Gasteiger partial charge in [-0.1, -0.05) is 62.4 Å². The number of amides is 1. The number of benzene rings is 1. The number of hydrogen-bond acceptors (Lipinski definition) is 4. The van der Waals surface area contributed by atoms with Gasteiger partial charge in [0.25, 0.3) is 5.91 Å². The van der Waals surface area contributed by atoms with Crippen molar-refractivity contribution in [2.24, 2.45) is 16.6 Å². The van der Waals surface area contributed by atoms with Crippen LogP contribution in [0.1, 0.15) is 76.2 Å². The summed E-state index contributed by atoms with van der Waals surface area (Å²) in [6.45, 7) is 0. The highest BCUT2D eigenvalue weighted by molar-refractivity contribution is 6.06. The third kappa shape index (κ3) is 4.88. The van der Waals surface area contributed by atoms with Crippen LogP contribution >= 0.6 is 0 Å². The lowest BCUT2D eigenvalue weighted by Crippen LogP contribution is -2.46. The van der Waals surface area contributed by atoms with Crippen molar-refractivity contribution in [2.45, 2.75) is 94.7 Å². The molecule has 0 bridgehead atoms. The summed E-state index contributed by atoms with van der Waals surface area (Å²) in [4.78, 5) is 19.6. The summed E-state index contributed by atoms with van der Waals surface area (Å²) in [5, 5.41) is 3.96. The van der Waals surface area contributed by atoms with Crippen LogP contribution in [0.25, 0.3) is 0 Å². The Morgan fingerprint density at radius 2 is 1.80 bits per heavy atom. The Bertz CT molecular complexity index is 743. The van der Waals surface area contributed by atoms with Crippen LogP contribution in [0.3, 0.4) is 0 Å². The SMILES string of the molecule is CN1C(=O)C(CCc2ccccc2)(C[C@H]2CCC[C@H](NC3CCCCC3)C2)N=C1N. The minimum atomic E-state index is -0.688. The first kappa shape index (κ1) is 21.4. The second-order valence-electron chi connectivity index (χ2n) is 9.79. The maximum atomic E-state index is 13.2. The van der Waals surface area contributed by atoms with Gasteiger partial charge in [0.1, 0.15) is 5.54 Å². The second kappa shape index (κ2) is 9.51. The van der Waals surface area contributed by atoms with Crippen molar-refractivity contribution in [3.8, 4) is 0 Å². The Morgan fingerprint density at radius 1 is 1.07 bits per heavy atom. The van der Waals surface area contributed by atoms with Crippen LogP contribution in [0.15, 0.2) is 35.3 Å². The fraction of sp³-hybridized carbons (Fsp3) is 0.680. The molecule has 2 aliphatic carbocycles. The molecule has 30 heavy (non-hydrogen) atoms. The molecule has 3 atom stereocenters. The van der Waals surface area contributed by atoms with Gasteiger partial charge in [-0.2, -0.15) is 0 Å². The van der Waals surface area contributed by atoms with Gasteiger partial charge in [0.2, 0.25) is 0 Å². The lowest BCUT2D eigenvalue weighted by Gasteiger charge is -2.37. The van der Waals surface area contributed by atoms with E-state index in [-0.39, 0.29) is 5.91 Å². The number of aliphatic imine (C=N–C) groups is 1. The molecule has 164 valence electrons. The number of nitrogens with zero attached hydrogens (tertiary/aromatic N) is 2. The van der Waals surface area contributed by atoms with E-state index in [2.05, 4.69) is 29.6 Å². The van der Waals surface area contributed by atoms with Gasteiger partial charge in [-0.15, -0.1) is 0 Å². The Kier molecular flexibility index (Phi) is 6.77. The molecule has 1 amide bonds. The Hall–Kier alpha value is -1.88. The lowest BCUT2D eigenvalue weighted by atomic mass is 9.75. The molecule has 1 aromatic carbocycles. The number of nitrogens with one attached hydrogen (secondary N) is 1. The van der Waals surface area contributed by atoms with Crippen LogP contribution < -0.4 is 11.1 Å². The molecule has 4 rings (SSSR count). The predicted octanol–water partition coefficient (Wildman–Crippen LogP) is 4.02. The van der Waals surface area contributed by atoms with Gasteiger partial charge in [0, 0.05) is 19.1 Å². The number of aryl methyl sites for hydroxylation is 1. The number of rotatable bonds is 7. The van der Waals surface area contributed by atoms with Gasteiger partial charge in [0.15, 0.2) is 5.96 Å². The van der Waals surface area contributed by atoms with E-state index < -0.39 is 5.54 Å². The Balaban J connectivity index is 1.42. The second-order valence-corrected chi connectivity index (χ2v) is 9.79. The number of carbonyl (C=O) groups is 1. The zero-order chi connectivity index (χ0) is 21.0. The predicted molar refractivity (Wildman–Crippen MR) is 122 cm³/mol. The topological polar surface area (TPSA) is 70.7 Å². The fourth-order valence-corrected chi connectivity index (χ4v) is 5.86. The van der Waals surface area contributed by atoms with Crippen molar-refractivity contribution in [1.29, 1.82) is 0 Å². The number of guanidine groups is 1. The highest BCUT2D eigenvalue weighted by atomic mass is 16.2. The number of hydrogen-bond donors (Lipinski definition) is 2. The first-order chi connectivity index (χ1) is 14.6. The zero-order valence-electron chi connectivity index (χ0n) is 18.5. The van der Waals surface area contributed by atoms with Crippen LogP contribution in [-0.2, 0) is 11.2 Å². The van der Waals surface area contributed by atoms with Gasteiger partial charge in [-0.25, -0.2) is 4.99 Å². The Labute approximate surface area is 181 Å². The third-order valence-electron chi connectivity index (χ3n) is 7.53. The monoisotopic (exact) mass is 410 g/mol. The minimum Gasteiger partial charge on any atom is -0.369 e. The summed E-state index contributed by atoms with van der Waals surface area (Å²) in [5.74, 6) is 0.988. The molecule has 3 N–H and O–H groups in total. The lowest BCUT2D eigenvalue weighted by molar-refractivity contribution is -0.131. The summed E-state index contributed by atoms with van der Waals surface area (Å²) in [6.07, 6.45) is 14.1. The molecule has 5 nitrogen and oxygen atoms in total. The van der Waals surface area contributed by atoms with Crippen LogP contribution in [0, 0.1) is 5.92 Å². The van der Waals surface area contributed by atoms with E-state index >= 15 is 0 Å². The molecule has 1 aliphatic heterocycles. The summed E-state index contributed by atoms with van der Waals surface area (Å²) in [6, 6.07) is 11.7. The highest BCUT2D eigenvalue weighted by Crippen LogP contribution is 2.38. The number of nitrogens with two attached hydrogens (primary N) is 1. The molecule has 0 radical (unpaired) electrons. The maximum Gasteiger partial charge on any atom is 0.257 e. The van der Waals surface area contributed by atoms with Crippen LogP contribution in [0.4, 0.5) is 0 Å². The molecule has 1 unspecified atom stereocenters. The smallest absolute Gasteiger partial charge is 0.257 e. The summed E-state index contributed by atoms with van der Waals surface area (Å²) < 4.78 is 0. The molecule has 3 aliphatic rings. The average Bonchev–Trinajstić information content (AvgIpc) is 2.98. The van der Waals surface area contributed by atoms with Crippen LogP contribution in [0.2, 0.25) is 0 Å². The van der Waals surface area contributed by atoms with E-state index in [1.165, 1.54) is 56.9 Å². The molecule has 5 heteroatoms. The molecule has 2 fully saturated rings. The van der Waals surface area contributed by atoms with Crippen molar-refractivity contribution in [1.82, 2.24) is 10.2 Å². The molecule has 0 aromatic heterocycles. The van der Waals surface area contributed by atoms with E-state index in [4.69, 9.17) is 10.7 Å². The summed E-state index contributed by atoms with van der Waals surface area (Å²) in [7, 11) is 1.76. The van der Waals surface area contributed by atoms with Crippen molar-refractivity contribution in [2.75, 3.05) is 7.05 Å². The van der Waals surface area contributed by atoms with Gasteiger partial charge in [-0.3, -0.25) is 9.69 Å². The van der Waals surface area contributed by atoms with Crippen molar-refractivity contribution in [3.05, 3.63) is 35.9 Å². The molecular weight excluding hydrogens is 372 g/mol. The van der Waals surface area contributed by atoms with Crippen LogP contribution in [-0.4, -0.2) is 41.4 Å². The van der Waals surface area contributed by atoms with Gasteiger partial charge >= 0.3 is 0 Å². The average molecular weight is 411 g/mol. The minimum absolute atomic E-state index is 0.0818. The molecule has 1 heterocycles. The summed E-state index contributed by atoms with van der Waals surface area (Å²) >= 11 is 0. The normalized spacial score (nSPS) is 30.5. The van der Waals surface area contributed by atoms with Crippen molar-refractivity contribution < 1.29 is 4.79 Å². The van der Waals surface area contributed by atoms with Crippen molar-refractivity contribution in [3.63, 3.8) is 0 Å². The zero-order valence-corrected chi connectivity index (χ0v) is 18.5. The largest absolute Gasteiger partial charge is 0.369 e. The molecular formula is C25H38N4O. The van der Waals surface area contributed by atoms with E-state index in [1.807, 2.05) is 6.07 Å². The van der Waals surface area contributed by atoms with Crippen molar-refractivity contribution >= 4 is 11.9 Å². The molecule has 0 spiro atoms. The molecule has 0 saturated heterocycles. The van der Waals surface area contributed by atoms with Gasteiger partial charge in [-0.05, 0) is 56.4 Å². The van der Waals surface area contributed by atoms with E-state index in [0.717, 1.165) is 25.7 Å². The fourth-order valence-electron chi connectivity index (χ4n) is 5.86.